The van der Waals surface area contributed by atoms with Crippen LogP contribution >= 0.6 is 12.6 Å². The zero-order valence-corrected chi connectivity index (χ0v) is 21.1. The predicted octanol–water partition coefficient (Wildman–Crippen LogP) is -1.75. The number of nitrogens with one attached hydrogen (secondary N) is 4. The van der Waals surface area contributed by atoms with Crippen molar-refractivity contribution in [2.45, 2.75) is 49.9 Å². The molecule has 0 aliphatic rings. The highest BCUT2D eigenvalue weighted by Crippen LogP contribution is 2.18. The van der Waals surface area contributed by atoms with Crippen molar-refractivity contribution >= 4 is 59.1 Å². The third-order valence-corrected chi connectivity index (χ3v) is 5.93. The van der Waals surface area contributed by atoms with Gasteiger partial charge in [-0.3, -0.25) is 24.0 Å². The van der Waals surface area contributed by atoms with Crippen LogP contribution in [0, 0.1) is 0 Å². The lowest BCUT2D eigenvalue weighted by Gasteiger charge is -2.24. The van der Waals surface area contributed by atoms with Gasteiger partial charge in [0, 0.05) is 29.3 Å². The maximum Gasteiger partial charge on any atom is 0.326 e. The Balaban J connectivity index is 2.07. The average molecular weight is 551 g/mol. The van der Waals surface area contributed by atoms with Crippen molar-refractivity contribution in [3.8, 4) is 0 Å². The van der Waals surface area contributed by atoms with Crippen molar-refractivity contribution in [2.75, 3.05) is 5.75 Å². The lowest BCUT2D eigenvalue weighted by Crippen LogP contribution is -2.58. The van der Waals surface area contributed by atoms with Crippen LogP contribution in [0.25, 0.3) is 10.9 Å². The summed E-state index contributed by atoms with van der Waals surface area (Å²) in [5.41, 5.74) is 12.7. The Morgan fingerprint density at radius 2 is 1.53 bits per heavy atom. The van der Waals surface area contributed by atoms with E-state index < -0.39 is 79.0 Å². The second-order valence-electron chi connectivity index (χ2n) is 8.48. The van der Waals surface area contributed by atoms with Gasteiger partial charge in [-0.15, -0.1) is 0 Å². The number of hydrogen-bond acceptors (Lipinski definition) is 8. The number of carbonyl (C=O) groups is 6. The highest BCUT2D eigenvalue weighted by Gasteiger charge is 2.31. The molecule has 0 saturated heterocycles. The molecule has 1 aromatic carbocycles. The zero-order valence-electron chi connectivity index (χ0n) is 20.2. The van der Waals surface area contributed by atoms with Gasteiger partial charge in [0.1, 0.15) is 18.1 Å². The molecule has 4 amide bonds. The molecule has 10 N–H and O–H groups in total. The van der Waals surface area contributed by atoms with E-state index in [1.54, 1.807) is 6.20 Å². The number of aliphatic carboxylic acids is 2. The summed E-state index contributed by atoms with van der Waals surface area (Å²) in [4.78, 5) is 74.7. The minimum Gasteiger partial charge on any atom is -0.481 e. The number of carboxylic acids is 2. The fourth-order valence-corrected chi connectivity index (χ4v) is 3.84. The van der Waals surface area contributed by atoms with E-state index in [-0.39, 0.29) is 12.2 Å². The number of nitrogens with two attached hydrogens (primary N) is 2. The van der Waals surface area contributed by atoms with Crippen molar-refractivity contribution in [2.24, 2.45) is 11.5 Å². The van der Waals surface area contributed by atoms with Crippen LogP contribution in [0.15, 0.2) is 30.5 Å². The van der Waals surface area contributed by atoms with Gasteiger partial charge in [0.2, 0.25) is 23.6 Å². The average Bonchev–Trinajstić information content (AvgIpc) is 3.26. The molecule has 2 aromatic rings. The maximum absolute atomic E-state index is 12.8. The Morgan fingerprint density at radius 1 is 0.921 bits per heavy atom. The molecule has 15 heteroatoms. The molecule has 206 valence electrons. The molecule has 0 saturated carbocycles. The molecule has 14 nitrogen and oxygen atoms in total. The van der Waals surface area contributed by atoms with E-state index in [0.29, 0.717) is 0 Å². The first kappa shape index (κ1) is 30.1. The minimum absolute atomic E-state index is 0.164. The van der Waals surface area contributed by atoms with E-state index in [0.717, 1.165) is 16.5 Å². The lowest BCUT2D eigenvalue weighted by atomic mass is 10.0. The molecule has 1 heterocycles. The van der Waals surface area contributed by atoms with Gasteiger partial charge in [0.05, 0.1) is 12.5 Å². The van der Waals surface area contributed by atoms with E-state index in [1.165, 1.54) is 0 Å². The summed E-state index contributed by atoms with van der Waals surface area (Å²) in [6.45, 7) is 0. The van der Waals surface area contributed by atoms with Crippen LogP contribution in [0.3, 0.4) is 0 Å². The largest absolute Gasteiger partial charge is 0.481 e. The fourth-order valence-electron chi connectivity index (χ4n) is 3.59. The van der Waals surface area contributed by atoms with E-state index in [1.807, 2.05) is 24.3 Å². The number of benzene rings is 1. The second-order valence-corrected chi connectivity index (χ2v) is 8.84. The molecule has 0 radical (unpaired) electrons. The summed E-state index contributed by atoms with van der Waals surface area (Å²) >= 11 is 4.07. The van der Waals surface area contributed by atoms with Crippen LogP contribution in [0.1, 0.15) is 24.8 Å². The summed E-state index contributed by atoms with van der Waals surface area (Å²) in [5, 5.41) is 25.9. The number of carboxylic acid groups (broad SMARTS) is 2. The lowest BCUT2D eigenvalue weighted by molar-refractivity contribution is -0.144. The van der Waals surface area contributed by atoms with Crippen LogP contribution < -0.4 is 27.4 Å². The van der Waals surface area contributed by atoms with E-state index in [9.17, 15) is 33.9 Å². The Kier molecular flexibility index (Phi) is 11.1. The SMILES string of the molecule is NC(=O)CC(NC(=O)C(CCC(=O)O)NC(=O)C(CS)NC(=O)C(N)Cc1c[nH]c2ccccc12)C(=O)O. The van der Waals surface area contributed by atoms with Crippen molar-refractivity contribution in [3.63, 3.8) is 0 Å². The molecule has 4 atom stereocenters. The number of H-pyrrole nitrogens is 1. The number of rotatable bonds is 15. The van der Waals surface area contributed by atoms with Gasteiger partial charge in [-0.1, -0.05) is 18.2 Å². The molecular weight excluding hydrogens is 520 g/mol. The maximum atomic E-state index is 12.8. The van der Waals surface area contributed by atoms with Gasteiger partial charge < -0.3 is 42.6 Å². The number of carbonyl (C=O) groups excluding carboxylic acids is 4. The highest BCUT2D eigenvalue weighted by atomic mass is 32.1. The van der Waals surface area contributed by atoms with Crippen molar-refractivity contribution in [1.29, 1.82) is 0 Å². The quantitative estimate of drug-likeness (QED) is 0.114. The predicted molar refractivity (Wildman–Crippen MR) is 138 cm³/mol. The van der Waals surface area contributed by atoms with Crippen molar-refractivity contribution in [1.82, 2.24) is 20.9 Å². The fraction of sp³-hybridized carbons (Fsp3) is 0.391. The third kappa shape index (κ3) is 8.77. The van der Waals surface area contributed by atoms with Gasteiger partial charge in [-0.05, 0) is 24.5 Å². The number of aromatic amines is 1. The van der Waals surface area contributed by atoms with E-state index in [2.05, 4.69) is 33.6 Å². The second kappa shape index (κ2) is 14.0. The van der Waals surface area contributed by atoms with Crippen molar-refractivity contribution in [3.05, 3.63) is 36.0 Å². The van der Waals surface area contributed by atoms with Crippen LogP contribution in [-0.2, 0) is 35.2 Å². The van der Waals surface area contributed by atoms with Crippen LogP contribution in [0.5, 0.6) is 0 Å². The smallest absolute Gasteiger partial charge is 0.326 e. The molecule has 0 aliphatic carbocycles. The molecular formula is C23H30N6O8S. The minimum atomic E-state index is -1.69. The number of aromatic nitrogens is 1. The number of primary amides is 1. The molecule has 2 rings (SSSR count). The Labute approximate surface area is 222 Å². The first-order valence-corrected chi connectivity index (χ1v) is 12.1. The zero-order chi connectivity index (χ0) is 28.4. The molecule has 0 bridgehead atoms. The summed E-state index contributed by atoms with van der Waals surface area (Å²) in [6.07, 6.45) is 0.235. The number of hydrogen-bond donors (Lipinski definition) is 9. The number of thiol groups is 1. The first-order chi connectivity index (χ1) is 17.9. The Hall–Kier alpha value is -4.11. The van der Waals surface area contributed by atoms with Crippen LogP contribution in [0.4, 0.5) is 0 Å². The van der Waals surface area contributed by atoms with Gasteiger partial charge in [-0.25, -0.2) is 4.79 Å². The van der Waals surface area contributed by atoms with Gasteiger partial charge in [-0.2, -0.15) is 12.6 Å². The molecule has 4 unspecified atom stereocenters. The third-order valence-electron chi connectivity index (χ3n) is 5.57. The standard InChI is InChI=1S/C23H30N6O8S/c24-13(7-11-9-26-14-4-2-1-3-12(11)14)20(33)29-17(10-38)22(35)27-15(5-6-19(31)32)21(34)28-16(23(36)37)8-18(25)30/h1-4,9,13,15-17,26,38H,5-8,10,24H2,(H2,25,30)(H,27,35)(H,28,34)(H,29,33)(H,31,32)(H,36,37). The normalized spacial score (nSPS) is 14.1. The molecule has 38 heavy (non-hydrogen) atoms. The highest BCUT2D eigenvalue weighted by molar-refractivity contribution is 7.80. The Morgan fingerprint density at radius 3 is 2.13 bits per heavy atom. The summed E-state index contributed by atoms with van der Waals surface area (Å²) in [5.74, 6) is -6.59. The molecule has 0 fully saturated rings. The molecule has 1 aromatic heterocycles. The summed E-state index contributed by atoms with van der Waals surface area (Å²) in [7, 11) is 0. The number of amides is 4. The van der Waals surface area contributed by atoms with E-state index in [4.69, 9.17) is 16.6 Å². The first-order valence-electron chi connectivity index (χ1n) is 11.5. The van der Waals surface area contributed by atoms with E-state index >= 15 is 0 Å². The van der Waals surface area contributed by atoms with Gasteiger partial charge in [0.25, 0.3) is 0 Å². The van der Waals surface area contributed by atoms with Gasteiger partial charge >= 0.3 is 11.9 Å². The van der Waals surface area contributed by atoms with Crippen LogP contribution in [0.2, 0.25) is 0 Å². The van der Waals surface area contributed by atoms with Crippen LogP contribution in [-0.4, -0.2) is 80.7 Å². The number of fused-ring (bicyclic) bond motifs is 1. The monoisotopic (exact) mass is 550 g/mol. The molecule has 0 spiro atoms. The topological polar surface area (TPSA) is 247 Å². The summed E-state index contributed by atoms with van der Waals surface area (Å²) < 4.78 is 0. The Bertz CT molecular complexity index is 1200. The number of para-hydroxylation sites is 1. The van der Waals surface area contributed by atoms with Gasteiger partial charge in [0.15, 0.2) is 0 Å². The molecule has 0 aliphatic heterocycles. The van der Waals surface area contributed by atoms with Crippen molar-refractivity contribution < 1.29 is 39.0 Å². The summed E-state index contributed by atoms with van der Waals surface area (Å²) in [6, 6.07) is 1.98.